The summed E-state index contributed by atoms with van der Waals surface area (Å²) >= 11 is 7.66. The molecule has 1 heterocycles. The standard InChI is InChI=1S/C21H25ClN2O3S/c1-26-19-6-4-18(5-7-19)23-9-11-24(12-10-23)21(25)15-28-14-16-13-17(22)3-8-20(16)27-2/h3-8,13H,9-12,14-15H2,1-2H3. The summed E-state index contributed by atoms with van der Waals surface area (Å²) in [7, 11) is 3.31. The first kappa shape index (κ1) is 20.7. The highest BCUT2D eigenvalue weighted by Gasteiger charge is 2.21. The predicted molar refractivity (Wildman–Crippen MR) is 116 cm³/mol. The molecule has 0 bridgehead atoms. The van der Waals surface area contributed by atoms with E-state index in [4.69, 9.17) is 21.1 Å². The van der Waals surface area contributed by atoms with Gasteiger partial charge in [0.05, 0.1) is 20.0 Å². The lowest BCUT2D eigenvalue weighted by atomic mass is 10.2. The Labute approximate surface area is 175 Å². The molecule has 0 aromatic heterocycles. The molecule has 0 aliphatic carbocycles. The number of methoxy groups -OCH3 is 2. The minimum absolute atomic E-state index is 0.181. The number of thioether (sulfide) groups is 1. The van der Waals surface area contributed by atoms with Crippen LogP contribution in [0.25, 0.3) is 0 Å². The van der Waals surface area contributed by atoms with E-state index in [2.05, 4.69) is 17.0 Å². The third-order valence-electron chi connectivity index (χ3n) is 4.80. The van der Waals surface area contributed by atoms with Gasteiger partial charge in [0, 0.05) is 48.2 Å². The van der Waals surface area contributed by atoms with Crippen LogP contribution in [-0.2, 0) is 10.5 Å². The fourth-order valence-corrected chi connectivity index (χ4v) is 4.31. The van der Waals surface area contributed by atoms with E-state index in [1.807, 2.05) is 35.2 Å². The molecule has 0 spiro atoms. The van der Waals surface area contributed by atoms with Crippen molar-refractivity contribution in [2.24, 2.45) is 0 Å². The van der Waals surface area contributed by atoms with Crippen LogP contribution in [0.2, 0.25) is 5.02 Å². The summed E-state index contributed by atoms with van der Waals surface area (Å²) in [4.78, 5) is 16.8. The fraction of sp³-hybridized carbons (Fsp3) is 0.381. The second-order valence-electron chi connectivity index (χ2n) is 6.51. The SMILES string of the molecule is COc1ccc(N2CCN(C(=O)CSCc3cc(Cl)ccc3OC)CC2)cc1. The molecule has 7 heteroatoms. The van der Waals surface area contributed by atoms with Crippen LogP contribution >= 0.6 is 23.4 Å². The minimum Gasteiger partial charge on any atom is -0.497 e. The molecule has 0 atom stereocenters. The molecule has 1 saturated heterocycles. The van der Waals surface area contributed by atoms with Crippen molar-refractivity contribution < 1.29 is 14.3 Å². The van der Waals surface area contributed by atoms with Gasteiger partial charge in [-0.3, -0.25) is 4.79 Å². The highest BCUT2D eigenvalue weighted by Crippen LogP contribution is 2.27. The second-order valence-corrected chi connectivity index (χ2v) is 7.94. The summed E-state index contributed by atoms with van der Waals surface area (Å²) in [6.07, 6.45) is 0. The Balaban J connectivity index is 1.45. The number of carbonyl (C=O) groups excluding carboxylic acids is 1. The van der Waals surface area contributed by atoms with E-state index in [9.17, 15) is 4.79 Å². The summed E-state index contributed by atoms with van der Waals surface area (Å²) in [5.41, 5.74) is 2.17. The number of carbonyl (C=O) groups is 1. The molecule has 1 aliphatic rings. The first-order valence-corrected chi connectivity index (χ1v) is 10.7. The van der Waals surface area contributed by atoms with E-state index in [-0.39, 0.29) is 5.91 Å². The Morgan fingerprint density at radius 2 is 1.75 bits per heavy atom. The number of halogens is 1. The van der Waals surface area contributed by atoms with Crippen LogP contribution in [0.4, 0.5) is 5.69 Å². The van der Waals surface area contributed by atoms with Gasteiger partial charge in [0.1, 0.15) is 11.5 Å². The van der Waals surface area contributed by atoms with Gasteiger partial charge in [-0.1, -0.05) is 11.6 Å². The Morgan fingerprint density at radius 3 is 2.39 bits per heavy atom. The van der Waals surface area contributed by atoms with E-state index >= 15 is 0 Å². The fourth-order valence-electron chi connectivity index (χ4n) is 3.21. The van der Waals surface area contributed by atoms with Gasteiger partial charge >= 0.3 is 0 Å². The molecule has 0 saturated carbocycles. The predicted octanol–water partition coefficient (Wildman–Crippen LogP) is 3.94. The van der Waals surface area contributed by atoms with Crippen molar-refractivity contribution in [3.63, 3.8) is 0 Å². The lowest BCUT2D eigenvalue weighted by Gasteiger charge is -2.36. The van der Waals surface area contributed by atoms with Gasteiger partial charge in [-0.05, 0) is 42.5 Å². The number of hydrogen-bond donors (Lipinski definition) is 0. The smallest absolute Gasteiger partial charge is 0.232 e. The molecule has 1 fully saturated rings. The highest BCUT2D eigenvalue weighted by molar-refractivity contribution is 7.99. The zero-order chi connectivity index (χ0) is 19.9. The number of amides is 1. The first-order chi connectivity index (χ1) is 13.6. The van der Waals surface area contributed by atoms with Crippen molar-refractivity contribution in [2.45, 2.75) is 5.75 Å². The minimum atomic E-state index is 0.181. The van der Waals surface area contributed by atoms with Crippen molar-refractivity contribution in [1.29, 1.82) is 0 Å². The lowest BCUT2D eigenvalue weighted by molar-refractivity contribution is -0.128. The molecule has 1 aliphatic heterocycles. The third kappa shape index (κ3) is 5.26. The largest absolute Gasteiger partial charge is 0.497 e. The molecule has 0 radical (unpaired) electrons. The lowest BCUT2D eigenvalue weighted by Crippen LogP contribution is -2.49. The average Bonchev–Trinajstić information content (AvgIpc) is 2.74. The van der Waals surface area contributed by atoms with Crippen LogP contribution in [0.1, 0.15) is 5.56 Å². The number of piperazine rings is 1. The molecule has 28 heavy (non-hydrogen) atoms. The molecule has 2 aromatic rings. The maximum absolute atomic E-state index is 12.5. The normalized spacial score (nSPS) is 14.1. The summed E-state index contributed by atoms with van der Waals surface area (Å²) in [5, 5.41) is 0.678. The Hall–Kier alpha value is -2.05. The molecular formula is C21H25ClN2O3S. The Morgan fingerprint density at radius 1 is 1.04 bits per heavy atom. The van der Waals surface area contributed by atoms with Crippen molar-refractivity contribution in [3.05, 3.63) is 53.1 Å². The molecule has 5 nitrogen and oxygen atoms in total. The van der Waals surface area contributed by atoms with Gasteiger partial charge in [0.15, 0.2) is 0 Å². The second kappa shape index (κ2) is 9.94. The van der Waals surface area contributed by atoms with E-state index in [0.717, 1.165) is 48.9 Å². The number of hydrogen-bond acceptors (Lipinski definition) is 5. The average molecular weight is 421 g/mol. The van der Waals surface area contributed by atoms with Gasteiger partial charge in [-0.15, -0.1) is 11.8 Å². The molecular weight excluding hydrogens is 396 g/mol. The highest BCUT2D eigenvalue weighted by atomic mass is 35.5. The summed E-state index contributed by atoms with van der Waals surface area (Å²) < 4.78 is 10.6. The van der Waals surface area contributed by atoms with Crippen LogP contribution in [0.3, 0.4) is 0 Å². The van der Waals surface area contributed by atoms with Gasteiger partial charge in [0.25, 0.3) is 0 Å². The van der Waals surface area contributed by atoms with E-state index in [1.54, 1.807) is 26.0 Å². The van der Waals surface area contributed by atoms with Gasteiger partial charge in [0.2, 0.25) is 5.91 Å². The van der Waals surface area contributed by atoms with Gasteiger partial charge < -0.3 is 19.3 Å². The number of benzene rings is 2. The Kier molecular flexibility index (Phi) is 7.34. The molecule has 3 rings (SSSR count). The molecule has 0 unspecified atom stereocenters. The van der Waals surface area contributed by atoms with Gasteiger partial charge in [-0.2, -0.15) is 0 Å². The topological polar surface area (TPSA) is 42.0 Å². The van der Waals surface area contributed by atoms with Crippen LogP contribution in [-0.4, -0.2) is 57.0 Å². The van der Waals surface area contributed by atoms with Crippen molar-refractivity contribution in [3.8, 4) is 11.5 Å². The van der Waals surface area contributed by atoms with Crippen molar-refractivity contribution in [2.75, 3.05) is 51.1 Å². The summed E-state index contributed by atoms with van der Waals surface area (Å²) in [6, 6.07) is 13.6. The Bertz CT molecular complexity index is 793. The zero-order valence-corrected chi connectivity index (χ0v) is 17.8. The number of rotatable bonds is 7. The number of ether oxygens (including phenoxy) is 2. The number of nitrogens with zero attached hydrogens (tertiary/aromatic N) is 2. The zero-order valence-electron chi connectivity index (χ0n) is 16.2. The van der Waals surface area contributed by atoms with E-state index < -0.39 is 0 Å². The maximum Gasteiger partial charge on any atom is 0.232 e. The monoisotopic (exact) mass is 420 g/mol. The quantitative estimate of drug-likeness (QED) is 0.678. The maximum atomic E-state index is 12.5. The molecule has 2 aromatic carbocycles. The number of anilines is 1. The third-order valence-corrected chi connectivity index (χ3v) is 6.00. The first-order valence-electron chi connectivity index (χ1n) is 9.17. The van der Waals surface area contributed by atoms with E-state index in [1.165, 1.54) is 0 Å². The van der Waals surface area contributed by atoms with Gasteiger partial charge in [-0.25, -0.2) is 0 Å². The van der Waals surface area contributed by atoms with Crippen molar-refractivity contribution in [1.82, 2.24) is 4.90 Å². The van der Waals surface area contributed by atoms with E-state index in [0.29, 0.717) is 16.5 Å². The van der Waals surface area contributed by atoms with Crippen LogP contribution < -0.4 is 14.4 Å². The molecule has 0 N–H and O–H groups in total. The van der Waals surface area contributed by atoms with Crippen LogP contribution in [0.15, 0.2) is 42.5 Å². The van der Waals surface area contributed by atoms with Crippen molar-refractivity contribution >= 4 is 35.0 Å². The van der Waals surface area contributed by atoms with Crippen LogP contribution in [0.5, 0.6) is 11.5 Å². The van der Waals surface area contributed by atoms with Crippen LogP contribution in [0, 0.1) is 0 Å². The summed E-state index contributed by atoms with van der Waals surface area (Å²) in [5.74, 6) is 2.99. The molecule has 150 valence electrons. The molecule has 1 amide bonds. The summed E-state index contributed by atoms with van der Waals surface area (Å²) in [6.45, 7) is 3.16.